The fourth-order valence-electron chi connectivity index (χ4n) is 1.90. The van der Waals surface area contributed by atoms with Crippen LogP contribution in [-0.2, 0) is 6.54 Å². The van der Waals surface area contributed by atoms with E-state index in [1.807, 2.05) is 12.1 Å². The molecule has 4 heteroatoms. The van der Waals surface area contributed by atoms with E-state index in [-0.39, 0.29) is 0 Å². The van der Waals surface area contributed by atoms with Crippen LogP contribution in [0.2, 0.25) is 0 Å². The van der Waals surface area contributed by atoms with Crippen LogP contribution in [0.1, 0.15) is 17.2 Å². The summed E-state index contributed by atoms with van der Waals surface area (Å²) in [5.74, 6) is 1.04. The summed E-state index contributed by atoms with van der Waals surface area (Å²) in [6.07, 6.45) is 3.41. The standard InChI is InChI=1S/C14H14N2OS/c1-2-4-12(5-3-1)13-10-18-14(16-13)15-8-11-6-7-17-9-11/h1-7,9,13H,8,10H2,(H,15,16). The average Bonchev–Trinajstić information content (AvgIpc) is 3.09. The molecule has 1 fully saturated rings. The van der Waals surface area contributed by atoms with Crippen LogP contribution in [-0.4, -0.2) is 10.9 Å². The second-order valence-electron chi connectivity index (χ2n) is 4.17. The quantitative estimate of drug-likeness (QED) is 0.918. The van der Waals surface area contributed by atoms with Crippen molar-refractivity contribution in [3.05, 3.63) is 60.1 Å². The van der Waals surface area contributed by atoms with Crippen molar-refractivity contribution in [2.75, 3.05) is 5.75 Å². The van der Waals surface area contributed by atoms with Gasteiger partial charge < -0.3 is 9.73 Å². The van der Waals surface area contributed by atoms with Gasteiger partial charge in [-0.3, -0.25) is 4.99 Å². The molecule has 0 radical (unpaired) electrons. The monoisotopic (exact) mass is 258 g/mol. The SMILES string of the molecule is c1ccc(C2CSC(=NCc3ccoc3)N2)cc1. The molecule has 1 saturated heterocycles. The summed E-state index contributed by atoms with van der Waals surface area (Å²) < 4.78 is 5.02. The fourth-order valence-corrected chi connectivity index (χ4v) is 2.88. The number of hydrogen-bond acceptors (Lipinski definition) is 3. The van der Waals surface area contributed by atoms with E-state index >= 15 is 0 Å². The molecule has 18 heavy (non-hydrogen) atoms. The van der Waals surface area contributed by atoms with Crippen LogP contribution in [0, 0.1) is 0 Å². The molecule has 1 atom stereocenters. The molecular weight excluding hydrogens is 244 g/mol. The molecule has 2 heterocycles. The summed E-state index contributed by atoms with van der Waals surface area (Å²) in [5, 5.41) is 4.47. The Hall–Kier alpha value is -1.68. The Bertz CT molecular complexity index is 522. The lowest BCUT2D eigenvalue weighted by Gasteiger charge is -2.09. The van der Waals surface area contributed by atoms with E-state index in [0.717, 1.165) is 16.5 Å². The Labute approximate surface area is 110 Å². The Morgan fingerprint density at radius 2 is 2.17 bits per heavy atom. The highest BCUT2D eigenvalue weighted by Crippen LogP contribution is 2.26. The molecule has 1 aliphatic rings. The number of hydrogen-bond donors (Lipinski definition) is 1. The molecule has 1 aromatic heterocycles. The van der Waals surface area contributed by atoms with Crippen LogP contribution in [0.25, 0.3) is 0 Å². The van der Waals surface area contributed by atoms with Crippen molar-refractivity contribution in [1.82, 2.24) is 5.32 Å². The molecular formula is C14H14N2OS. The normalized spacial score (nSPS) is 21.1. The van der Waals surface area contributed by atoms with Crippen molar-refractivity contribution < 1.29 is 4.42 Å². The third-order valence-electron chi connectivity index (χ3n) is 2.87. The van der Waals surface area contributed by atoms with Gasteiger partial charge in [0, 0.05) is 11.3 Å². The second-order valence-corrected chi connectivity index (χ2v) is 5.18. The average molecular weight is 258 g/mol. The van der Waals surface area contributed by atoms with Crippen LogP contribution in [0.5, 0.6) is 0 Å². The molecule has 1 N–H and O–H groups in total. The first kappa shape index (κ1) is 11.4. The number of thioether (sulfide) groups is 1. The Morgan fingerprint density at radius 1 is 1.28 bits per heavy atom. The molecule has 1 unspecified atom stereocenters. The molecule has 3 nitrogen and oxygen atoms in total. The highest BCUT2D eigenvalue weighted by molar-refractivity contribution is 8.14. The summed E-state index contributed by atoms with van der Waals surface area (Å²) >= 11 is 1.78. The van der Waals surface area contributed by atoms with Gasteiger partial charge in [0.2, 0.25) is 0 Å². The molecule has 0 amide bonds. The molecule has 3 rings (SSSR count). The van der Waals surface area contributed by atoms with E-state index < -0.39 is 0 Å². The Morgan fingerprint density at radius 3 is 2.94 bits per heavy atom. The lowest BCUT2D eigenvalue weighted by Crippen LogP contribution is -2.19. The highest BCUT2D eigenvalue weighted by atomic mass is 32.2. The van der Waals surface area contributed by atoms with Crippen molar-refractivity contribution in [2.24, 2.45) is 4.99 Å². The maximum atomic E-state index is 5.02. The number of aliphatic imine (C=N–C) groups is 1. The molecule has 0 saturated carbocycles. The van der Waals surface area contributed by atoms with Gasteiger partial charge in [-0.2, -0.15) is 0 Å². The van der Waals surface area contributed by atoms with Gasteiger partial charge in [0.25, 0.3) is 0 Å². The smallest absolute Gasteiger partial charge is 0.157 e. The summed E-state index contributed by atoms with van der Waals surface area (Å²) in [5.41, 5.74) is 2.42. The van der Waals surface area contributed by atoms with E-state index in [0.29, 0.717) is 12.6 Å². The van der Waals surface area contributed by atoms with Gasteiger partial charge in [0.1, 0.15) is 0 Å². The van der Waals surface area contributed by atoms with Crippen molar-refractivity contribution in [1.29, 1.82) is 0 Å². The molecule has 2 aromatic rings. The minimum atomic E-state index is 0.374. The van der Waals surface area contributed by atoms with Crippen LogP contribution < -0.4 is 5.32 Å². The van der Waals surface area contributed by atoms with E-state index in [1.165, 1.54) is 5.56 Å². The zero-order chi connectivity index (χ0) is 12.2. The predicted octanol–water partition coefficient (Wildman–Crippen LogP) is 3.21. The maximum Gasteiger partial charge on any atom is 0.157 e. The number of benzene rings is 1. The minimum Gasteiger partial charge on any atom is -0.472 e. The fraction of sp³-hybridized carbons (Fsp3) is 0.214. The second kappa shape index (κ2) is 5.31. The summed E-state index contributed by atoms with van der Waals surface area (Å²) in [6.45, 7) is 0.674. The van der Waals surface area contributed by atoms with Crippen LogP contribution in [0.15, 0.2) is 58.3 Å². The van der Waals surface area contributed by atoms with Crippen molar-refractivity contribution in [3.63, 3.8) is 0 Å². The topological polar surface area (TPSA) is 37.5 Å². The van der Waals surface area contributed by atoms with E-state index in [1.54, 1.807) is 24.3 Å². The van der Waals surface area contributed by atoms with Crippen LogP contribution in [0.4, 0.5) is 0 Å². The molecule has 0 spiro atoms. The lowest BCUT2D eigenvalue weighted by atomic mass is 10.1. The van der Waals surface area contributed by atoms with E-state index in [2.05, 4.69) is 34.6 Å². The Kier molecular flexibility index (Phi) is 3.37. The van der Waals surface area contributed by atoms with Gasteiger partial charge in [-0.15, -0.1) is 0 Å². The van der Waals surface area contributed by atoms with Crippen LogP contribution >= 0.6 is 11.8 Å². The van der Waals surface area contributed by atoms with E-state index in [9.17, 15) is 0 Å². The predicted molar refractivity (Wildman–Crippen MR) is 74.6 cm³/mol. The van der Waals surface area contributed by atoms with Gasteiger partial charge in [-0.25, -0.2) is 0 Å². The third kappa shape index (κ3) is 2.59. The number of furan rings is 1. The third-order valence-corrected chi connectivity index (χ3v) is 3.89. The van der Waals surface area contributed by atoms with Gasteiger partial charge in [-0.05, 0) is 11.6 Å². The van der Waals surface area contributed by atoms with Gasteiger partial charge >= 0.3 is 0 Å². The molecule has 92 valence electrons. The Balaban J connectivity index is 1.63. The van der Waals surface area contributed by atoms with Crippen molar-refractivity contribution in [2.45, 2.75) is 12.6 Å². The number of nitrogens with zero attached hydrogens (tertiary/aromatic N) is 1. The maximum absolute atomic E-state index is 5.02. The number of nitrogens with one attached hydrogen (secondary N) is 1. The number of rotatable bonds is 3. The summed E-state index contributed by atoms with van der Waals surface area (Å²) in [7, 11) is 0. The minimum absolute atomic E-state index is 0.374. The zero-order valence-electron chi connectivity index (χ0n) is 9.87. The molecule has 1 aliphatic heterocycles. The van der Waals surface area contributed by atoms with Crippen molar-refractivity contribution in [3.8, 4) is 0 Å². The zero-order valence-corrected chi connectivity index (χ0v) is 10.7. The van der Waals surface area contributed by atoms with Gasteiger partial charge in [0.05, 0.1) is 25.1 Å². The summed E-state index contributed by atoms with van der Waals surface area (Å²) in [6, 6.07) is 12.8. The van der Waals surface area contributed by atoms with Gasteiger partial charge in [-0.1, -0.05) is 42.1 Å². The first-order valence-electron chi connectivity index (χ1n) is 5.91. The number of amidine groups is 1. The van der Waals surface area contributed by atoms with E-state index in [4.69, 9.17) is 4.42 Å². The van der Waals surface area contributed by atoms with Gasteiger partial charge in [0.15, 0.2) is 5.17 Å². The first-order chi connectivity index (χ1) is 8.92. The first-order valence-corrected chi connectivity index (χ1v) is 6.90. The van der Waals surface area contributed by atoms with Crippen LogP contribution in [0.3, 0.4) is 0 Å². The molecule has 1 aromatic carbocycles. The summed E-state index contributed by atoms with van der Waals surface area (Å²) in [4.78, 5) is 4.55. The molecule has 0 aliphatic carbocycles. The molecule has 0 bridgehead atoms. The highest BCUT2D eigenvalue weighted by Gasteiger charge is 2.21. The largest absolute Gasteiger partial charge is 0.472 e. The van der Waals surface area contributed by atoms with Crippen molar-refractivity contribution >= 4 is 16.9 Å². The lowest BCUT2D eigenvalue weighted by molar-refractivity contribution is 0.564.